The fraction of sp³-hybridized carbons (Fsp3) is 0.375. The van der Waals surface area contributed by atoms with Crippen LogP contribution in [0, 0.1) is 13.8 Å². The second-order valence-corrected chi connectivity index (χ2v) is 8.20. The summed E-state index contributed by atoms with van der Waals surface area (Å²) in [6.45, 7) is 8.41. The lowest BCUT2D eigenvalue weighted by atomic mass is 10.0. The number of nitrogens with one attached hydrogen (secondary N) is 1. The SMILES string of the molecule is Cc1cccc(C)c1C(=O)OCC(=O)C(Cc1ccccc1)NC(=O)OC(C)(C)C. The molecule has 2 aromatic rings. The van der Waals surface area contributed by atoms with Crippen LogP contribution in [0.3, 0.4) is 0 Å². The number of rotatable bonds is 7. The Balaban J connectivity index is 2.09. The number of hydrogen-bond donors (Lipinski definition) is 1. The number of benzene rings is 2. The van der Waals surface area contributed by atoms with Gasteiger partial charge in [0.2, 0.25) is 0 Å². The Bertz CT molecular complexity index is 879. The first-order chi connectivity index (χ1) is 14.1. The maximum Gasteiger partial charge on any atom is 0.408 e. The highest BCUT2D eigenvalue weighted by Crippen LogP contribution is 2.15. The number of aryl methyl sites for hydroxylation is 2. The number of ketones is 1. The predicted molar refractivity (Wildman–Crippen MR) is 115 cm³/mol. The Kier molecular flexibility index (Phi) is 7.75. The van der Waals surface area contributed by atoms with Gasteiger partial charge in [0.1, 0.15) is 5.60 Å². The lowest BCUT2D eigenvalue weighted by Gasteiger charge is -2.23. The number of esters is 1. The Hall–Kier alpha value is -3.15. The molecule has 1 atom stereocenters. The van der Waals surface area contributed by atoms with E-state index in [9.17, 15) is 14.4 Å². The Morgan fingerprint density at radius 1 is 0.933 bits per heavy atom. The van der Waals surface area contributed by atoms with E-state index >= 15 is 0 Å². The van der Waals surface area contributed by atoms with Gasteiger partial charge in [-0.25, -0.2) is 9.59 Å². The molecule has 0 aliphatic rings. The van der Waals surface area contributed by atoms with Gasteiger partial charge in [-0.1, -0.05) is 48.5 Å². The summed E-state index contributed by atoms with van der Waals surface area (Å²) < 4.78 is 10.5. The first-order valence-electron chi connectivity index (χ1n) is 9.86. The molecule has 0 aliphatic heterocycles. The Labute approximate surface area is 177 Å². The van der Waals surface area contributed by atoms with E-state index in [1.807, 2.05) is 62.4 Å². The van der Waals surface area contributed by atoms with Crippen molar-refractivity contribution in [3.05, 3.63) is 70.8 Å². The van der Waals surface area contributed by atoms with Crippen molar-refractivity contribution in [2.45, 2.75) is 52.7 Å². The molecule has 0 radical (unpaired) electrons. The third-order valence-corrected chi connectivity index (χ3v) is 4.39. The zero-order valence-corrected chi connectivity index (χ0v) is 18.2. The molecule has 0 aromatic heterocycles. The third kappa shape index (κ3) is 7.03. The molecule has 2 aromatic carbocycles. The molecule has 160 valence electrons. The van der Waals surface area contributed by atoms with Gasteiger partial charge in [0, 0.05) is 6.42 Å². The van der Waals surface area contributed by atoms with Gasteiger partial charge in [0.05, 0.1) is 11.6 Å². The van der Waals surface area contributed by atoms with Crippen molar-refractivity contribution in [3.63, 3.8) is 0 Å². The molecule has 30 heavy (non-hydrogen) atoms. The van der Waals surface area contributed by atoms with Crippen molar-refractivity contribution < 1.29 is 23.9 Å². The van der Waals surface area contributed by atoms with Crippen molar-refractivity contribution in [1.29, 1.82) is 0 Å². The zero-order chi connectivity index (χ0) is 22.3. The van der Waals surface area contributed by atoms with E-state index in [1.165, 1.54) is 0 Å². The van der Waals surface area contributed by atoms with Crippen LogP contribution < -0.4 is 5.32 Å². The average Bonchev–Trinajstić information content (AvgIpc) is 2.64. The van der Waals surface area contributed by atoms with E-state index in [1.54, 1.807) is 20.8 Å². The topological polar surface area (TPSA) is 81.7 Å². The molecule has 0 fully saturated rings. The van der Waals surface area contributed by atoms with Gasteiger partial charge in [0.15, 0.2) is 12.4 Å². The lowest BCUT2D eigenvalue weighted by Crippen LogP contribution is -2.46. The fourth-order valence-corrected chi connectivity index (χ4v) is 2.99. The summed E-state index contributed by atoms with van der Waals surface area (Å²) >= 11 is 0. The Morgan fingerprint density at radius 2 is 1.53 bits per heavy atom. The van der Waals surface area contributed by atoms with E-state index in [0.717, 1.165) is 16.7 Å². The van der Waals surface area contributed by atoms with Gasteiger partial charge in [-0.3, -0.25) is 4.79 Å². The van der Waals surface area contributed by atoms with Gasteiger partial charge in [0.25, 0.3) is 0 Å². The minimum atomic E-state index is -0.881. The van der Waals surface area contributed by atoms with Crippen LogP contribution in [0.25, 0.3) is 0 Å². The van der Waals surface area contributed by atoms with Crippen molar-refractivity contribution in [1.82, 2.24) is 5.32 Å². The highest BCUT2D eigenvalue weighted by atomic mass is 16.6. The van der Waals surface area contributed by atoms with E-state index < -0.39 is 36.1 Å². The summed E-state index contributed by atoms with van der Waals surface area (Å²) in [6, 6.07) is 13.9. The molecule has 0 heterocycles. The van der Waals surface area contributed by atoms with Crippen molar-refractivity contribution in [2.75, 3.05) is 6.61 Å². The molecule has 0 aliphatic carbocycles. The molecule has 6 nitrogen and oxygen atoms in total. The standard InChI is InChI=1S/C24H29NO5/c1-16-10-9-11-17(2)21(16)22(27)29-15-20(26)19(14-18-12-7-6-8-13-18)25-23(28)30-24(3,4)5/h6-13,19H,14-15H2,1-5H3,(H,25,28). The molecule has 0 saturated heterocycles. The molecule has 6 heteroatoms. The van der Waals surface area contributed by atoms with Crippen LogP contribution in [0.15, 0.2) is 48.5 Å². The van der Waals surface area contributed by atoms with E-state index in [2.05, 4.69) is 5.32 Å². The van der Waals surface area contributed by atoms with Crippen molar-refractivity contribution in [3.8, 4) is 0 Å². The largest absolute Gasteiger partial charge is 0.454 e. The van der Waals surface area contributed by atoms with E-state index in [0.29, 0.717) is 5.56 Å². The lowest BCUT2D eigenvalue weighted by molar-refractivity contribution is -0.124. The first-order valence-corrected chi connectivity index (χ1v) is 9.86. The number of carbonyl (C=O) groups excluding carboxylic acids is 3. The number of amides is 1. The summed E-state index contributed by atoms with van der Waals surface area (Å²) in [5.74, 6) is -0.973. The second kappa shape index (κ2) is 10.1. The summed E-state index contributed by atoms with van der Waals surface area (Å²) in [5, 5.41) is 2.61. The van der Waals surface area contributed by atoms with Gasteiger partial charge in [-0.15, -0.1) is 0 Å². The maximum absolute atomic E-state index is 12.8. The van der Waals surface area contributed by atoms with Crippen molar-refractivity contribution >= 4 is 17.8 Å². The summed E-state index contributed by atoms with van der Waals surface area (Å²) in [5.41, 5.74) is 2.18. The van der Waals surface area contributed by atoms with Gasteiger partial charge in [-0.05, 0) is 51.3 Å². The monoisotopic (exact) mass is 411 g/mol. The summed E-state index contributed by atoms with van der Waals surface area (Å²) in [4.78, 5) is 37.5. The highest BCUT2D eigenvalue weighted by molar-refractivity contribution is 5.95. The molecular formula is C24H29NO5. The molecular weight excluding hydrogens is 382 g/mol. The van der Waals surface area contributed by atoms with Crippen LogP contribution >= 0.6 is 0 Å². The van der Waals surface area contributed by atoms with Gasteiger partial charge in [-0.2, -0.15) is 0 Å². The van der Waals surface area contributed by atoms with Gasteiger partial charge < -0.3 is 14.8 Å². The number of hydrogen-bond acceptors (Lipinski definition) is 5. The summed E-state index contributed by atoms with van der Waals surface area (Å²) in [7, 11) is 0. The van der Waals surface area contributed by atoms with Crippen LogP contribution in [-0.4, -0.2) is 36.1 Å². The molecule has 0 saturated carbocycles. The average molecular weight is 411 g/mol. The maximum atomic E-state index is 12.8. The minimum Gasteiger partial charge on any atom is -0.454 e. The van der Waals surface area contributed by atoms with Crippen LogP contribution in [-0.2, 0) is 20.7 Å². The number of Topliss-reactive ketones (excluding diaryl/α,β-unsaturated/α-hetero) is 1. The quantitative estimate of drug-likeness (QED) is 0.692. The molecule has 1 unspecified atom stereocenters. The van der Waals surface area contributed by atoms with Gasteiger partial charge >= 0.3 is 12.1 Å². The van der Waals surface area contributed by atoms with Crippen LogP contribution in [0.2, 0.25) is 0 Å². The summed E-state index contributed by atoms with van der Waals surface area (Å²) in [6.07, 6.45) is -0.433. The second-order valence-electron chi connectivity index (χ2n) is 8.20. The van der Waals surface area contributed by atoms with Crippen LogP contribution in [0.5, 0.6) is 0 Å². The zero-order valence-electron chi connectivity index (χ0n) is 18.2. The predicted octanol–water partition coefficient (Wildman–Crippen LogP) is 4.17. The Morgan fingerprint density at radius 3 is 2.10 bits per heavy atom. The normalized spacial score (nSPS) is 12.0. The fourth-order valence-electron chi connectivity index (χ4n) is 2.99. The molecule has 2 rings (SSSR count). The molecule has 0 spiro atoms. The van der Waals surface area contributed by atoms with Crippen molar-refractivity contribution in [2.24, 2.45) is 0 Å². The smallest absolute Gasteiger partial charge is 0.408 e. The molecule has 1 amide bonds. The third-order valence-electron chi connectivity index (χ3n) is 4.39. The van der Waals surface area contributed by atoms with Crippen LogP contribution in [0.1, 0.15) is 47.8 Å². The minimum absolute atomic E-state index is 0.264. The van der Waals surface area contributed by atoms with E-state index in [4.69, 9.17) is 9.47 Å². The molecule has 0 bridgehead atoms. The van der Waals surface area contributed by atoms with E-state index in [-0.39, 0.29) is 6.42 Å². The first kappa shape index (κ1) is 23.1. The number of ether oxygens (including phenoxy) is 2. The molecule has 1 N–H and O–H groups in total. The number of carbonyl (C=O) groups is 3. The van der Waals surface area contributed by atoms with Crippen LogP contribution in [0.4, 0.5) is 4.79 Å². The highest BCUT2D eigenvalue weighted by Gasteiger charge is 2.26. The number of alkyl carbamates (subject to hydrolysis) is 1.